The molecule has 0 saturated carbocycles. The Bertz CT molecular complexity index is 721. The number of amides is 1. The van der Waals surface area contributed by atoms with Crippen molar-refractivity contribution in [3.8, 4) is 17.2 Å². The lowest BCUT2D eigenvalue weighted by Gasteiger charge is -2.18. The Kier molecular flexibility index (Phi) is 7.21. The number of benzene rings is 2. The Hall–Kier alpha value is -2.34. The summed E-state index contributed by atoms with van der Waals surface area (Å²) in [5.74, 6) is 2.00. The van der Waals surface area contributed by atoms with Crippen molar-refractivity contribution in [2.75, 3.05) is 27.1 Å². The van der Waals surface area contributed by atoms with Crippen LogP contribution in [0.4, 0.5) is 0 Å². The van der Waals surface area contributed by atoms with Gasteiger partial charge in [0.05, 0.1) is 33.1 Å². The molecule has 1 atom stereocenters. The third-order valence-electron chi connectivity index (χ3n) is 3.96. The van der Waals surface area contributed by atoms with Gasteiger partial charge in [0.15, 0.2) is 11.5 Å². The van der Waals surface area contributed by atoms with Gasteiger partial charge in [0.2, 0.25) is 11.7 Å². The summed E-state index contributed by atoms with van der Waals surface area (Å²) in [7, 11) is 4.71. The number of hydrogen-bond acceptors (Lipinski definition) is 5. The van der Waals surface area contributed by atoms with Crippen LogP contribution >= 0.6 is 11.8 Å². The van der Waals surface area contributed by atoms with E-state index in [9.17, 15) is 4.79 Å². The number of thioether (sulfide) groups is 1. The first-order valence-electron chi connectivity index (χ1n) is 8.27. The molecule has 0 aliphatic carbocycles. The van der Waals surface area contributed by atoms with Gasteiger partial charge in [0.25, 0.3) is 0 Å². The largest absolute Gasteiger partial charge is 0.493 e. The zero-order chi connectivity index (χ0) is 19.1. The number of aryl methyl sites for hydroxylation is 1. The summed E-state index contributed by atoms with van der Waals surface area (Å²) < 4.78 is 16.1. The average molecular weight is 375 g/mol. The van der Waals surface area contributed by atoms with Crippen LogP contribution in [0.5, 0.6) is 17.2 Å². The van der Waals surface area contributed by atoms with Crippen molar-refractivity contribution < 1.29 is 19.0 Å². The van der Waals surface area contributed by atoms with E-state index < -0.39 is 0 Å². The first kappa shape index (κ1) is 20.0. The predicted octanol–water partition coefficient (Wildman–Crippen LogP) is 3.99. The minimum Gasteiger partial charge on any atom is -0.493 e. The molecule has 0 aromatic heterocycles. The lowest BCUT2D eigenvalue weighted by molar-refractivity contribution is -0.119. The number of hydrogen-bond donors (Lipinski definition) is 1. The average Bonchev–Trinajstić information content (AvgIpc) is 2.66. The van der Waals surface area contributed by atoms with Crippen molar-refractivity contribution in [2.45, 2.75) is 24.8 Å². The maximum Gasteiger partial charge on any atom is 0.230 e. The van der Waals surface area contributed by atoms with Crippen LogP contribution in [-0.2, 0) is 4.79 Å². The molecular weight excluding hydrogens is 350 g/mol. The van der Waals surface area contributed by atoms with Gasteiger partial charge >= 0.3 is 0 Å². The standard InChI is InChI=1S/C20H25NO4S/c1-13-6-8-16(9-7-13)26-12-19(22)21-14(2)15-10-17(23-3)20(25-5)18(11-15)24-4/h6-11,14H,12H2,1-5H3,(H,21,22). The summed E-state index contributed by atoms with van der Waals surface area (Å²) in [6.45, 7) is 3.97. The number of carbonyl (C=O) groups excluding carboxylic acids is 1. The molecule has 2 aromatic carbocycles. The Labute approximate surface area is 159 Å². The van der Waals surface area contributed by atoms with Gasteiger partial charge in [-0.25, -0.2) is 0 Å². The van der Waals surface area contributed by atoms with Gasteiger partial charge in [0.1, 0.15) is 0 Å². The highest BCUT2D eigenvalue weighted by molar-refractivity contribution is 8.00. The summed E-state index contributed by atoms with van der Waals surface area (Å²) in [6, 6.07) is 11.6. The van der Waals surface area contributed by atoms with Gasteiger partial charge in [-0.1, -0.05) is 17.7 Å². The molecule has 0 aliphatic heterocycles. The Morgan fingerprint density at radius 3 is 2.12 bits per heavy atom. The molecule has 6 heteroatoms. The molecule has 5 nitrogen and oxygen atoms in total. The van der Waals surface area contributed by atoms with E-state index in [2.05, 4.69) is 5.32 Å². The van der Waals surface area contributed by atoms with E-state index in [1.54, 1.807) is 21.3 Å². The molecule has 0 aliphatic rings. The summed E-state index contributed by atoms with van der Waals surface area (Å²) >= 11 is 1.51. The Morgan fingerprint density at radius 2 is 1.62 bits per heavy atom. The molecule has 2 aromatic rings. The van der Waals surface area contributed by atoms with E-state index in [-0.39, 0.29) is 11.9 Å². The van der Waals surface area contributed by atoms with E-state index >= 15 is 0 Å². The normalized spacial score (nSPS) is 11.6. The van der Waals surface area contributed by atoms with Crippen molar-refractivity contribution in [1.29, 1.82) is 0 Å². The lowest BCUT2D eigenvalue weighted by atomic mass is 10.1. The second kappa shape index (κ2) is 9.38. The molecular formula is C20H25NO4S. The van der Waals surface area contributed by atoms with Crippen LogP contribution in [-0.4, -0.2) is 33.0 Å². The fourth-order valence-corrected chi connectivity index (χ4v) is 3.21. The molecule has 0 bridgehead atoms. The molecule has 2 rings (SSSR count). The smallest absolute Gasteiger partial charge is 0.230 e. The second-order valence-electron chi connectivity index (χ2n) is 5.85. The highest BCUT2D eigenvalue weighted by Crippen LogP contribution is 2.39. The molecule has 0 saturated heterocycles. The monoisotopic (exact) mass is 375 g/mol. The van der Waals surface area contributed by atoms with Crippen molar-refractivity contribution in [2.24, 2.45) is 0 Å². The van der Waals surface area contributed by atoms with E-state index in [1.165, 1.54) is 17.3 Å². The van der Waals surface area contributed by atoms with Gasteiger partial charge < -0.3 is 19.5 Å². The summed E-state index contributed by atoms with van der Waals surface area (Å²) in [6.07, 6.45) is 0. The van der Waals surface area contributed by atoms with Crippen molar-refractivity contribution in [3.05, 3.63) is 47.5 Å². The van der Waals surface area contributed by atoms with Gasteiger partial charge in [-0.15, -0.1) is 11.8 Å². The number of ether oxygens (including phenoxy) is 3. The van der Waals surface area contributed by atoms with Crippen LogP contribution < -0.4 is 19.5 Å². The molecule has 0 spiro atoms. The second-order valence-corrected chi connectivity index (χ2v) is 6.90. The Balaban J connectivity index is 2.03. The molecule has 1 amide bonds. The van der Waals surface area contributed by atoms with E-state index in [0.717, 1.165) is 10.5 Å². The predicted molar refractivity (Wildman–Crippen MR) is 105 cm³/mol. The third-order valence-corrected chi connectivity index (χ3v) is 4.97. The number of methoxy groups -OCH3 is 3. The fraction of sp³-hybridized carbons (Fsp3) is 0.350. The van der Waals surface area contributed by atoms with Crippen molar-refractivity contribution in [3.63, 3.8) is 0 Å². The molecule has 140 valence electrons. The maximum atomic E-state index is 12.3. The molecule has 1 unspecified atom stereocenters. The van der Waals surface area contributed by atoms with Gasteiger partial charge in [-0.2, -0.15) is 0 Å². The maximum absolute atomic E-state index is 12.3. The lowest BCUT2D eigenvalue weighted by Crippen LogP contribution is -2.28. The summed E-state index contributed by atoms with van der Waals surface area (Å²) in [4.78, 5) is 13.4. The van der Waals surface area contributed by atoms with Gasteiger partial charge in [-0.3, -0.25) is 4.79 Å². The van der Waals surface area contributed by atoms with Crippen LogP contribution in [0.3, 0.4) is 0 Å². The summed E-state index contributed by atoms with van der Waals surface area (Å²) in [5.41, 5.74) is 2.09. The van der Waals surface area contributed by atoms with E-state index in [4.69, 9.17) is 14.2 Å². The van der Waals surface area contributed by atoms with Gasteiger partial charge in [-0.05, 0) is 43.7 Å². The molecule has 26 heavy (non-hydrogen) atoms. The third kappa shape index (κ3) is 5.08. The van der Waals surface area contributed by atoms with Crippen LogP contribution in [0.1, 0.15) is 24.1 Å². The van der Waals surface area contributed by atoms with Crippen molar-refractivity contribution in [1.82, 2.24) is 5.32 Å². The highest BCUT2D eigenvalue weighted by atomic mass is 32.2. The quantitative estimate of drug-likeness (QED) is 0.707. The van der Waals surface area contributed by atoms with Crippen LogP contribution in [0, 0.1) is 6.92 Å². The number of nitrogens with one attached hydrogen (secondary N) is 1. The van der Waals surface area contributed by atoms with E-state index in [1.807, 2.05) is 50.2 Å². The first-order chi connectivity index (χ1) is 12.5. The zero-order valence-electron chi connectivity index (χ0n) is 15.8. The van der Waals surface area contributed by atoms with Crippen molar-refractivity contribution >= 4 is 17.7 Å². The highest BCUT2D eigenvalue weighted by Gasteiger charge is 2.17. The first-order valence-corrected chi connectivity index (χ1v) is 9.25. The molecule has 1 N–H and O–H groups in total. The fourth-order valence-electron chi connectivity index (χ4n) is 2.50. The van der Waals surface area contributed by atoms with Crippen LogP contribution in [0.15, 0.2) is 41.3 Å². The molecule has 0 radical (unpaired) electrons. The minimum atomic E-state index is -0.185. The van der Waals surface area contributed by atoms with Gasteiger partial charge in [0, 0.05) is 4.90 Å². The number of carbonyl (C=O) groups is 1. The van der Waals surface area contributed by atoms with Crippen LogP contribution in [0.2, 0.25) is 0 Å². The number of rotatable bonds is 8. The zero-order valence-corrected chi connectivity index (χ0v) is 16.6. The topological polar surface area (TPSA) is 56.8 Å². The van der Waals surface area contributed by atoms with E-state index in [0.29, 0.717) is 23.0 Å². The minimum absolute atomic E-state index is 0.0307. The van der Waals surface area contributed by atoms with Crippen LogP contribution in [0.25, 0.3) is 0 Å². The SMILES string of the molecule is COc1cc(C(C)NC(=O)CSc2ccc(C)cc2)cc(OC)c1OC. The molecule has 0 heterocycles. The molecule has 0 fully saturated rings. The Morgan fingerprint density at radius 1 is 1.04 bits per heavy atom. The summed E-state index contributed by atoms with van der Waals surface area (Å²) in [5, 5.41) is 3.01.